The summed E-state index contributed by atoms with van der Waals surface area (Å²) in [6.07, 6.45) is 0.0153. The molecule has 6 nitrogen and oxygen atoms in total. The van der Waals surface area contributed by atoms with Crippen LogP contribution in [0.3, 0.4) is 0 Å². The Hall–Kier alpha value is -2.08. The highest BCUT2D eigenvalue weighted by molar-refractivity contribution is 5.79. The van der Waals surface area contributed by atoms with Crippen LogP contribution in [0.4, 0.5) is 4.79 Å². The molecule has 0 bridgehead atoms. The number of carbonyl (C=O) groups is 2. The van der Waals surface area contributed by atoms with Crippen LogP contribution < -0.4 is 5.73 Å². The maximum Gasteiger partial charge on any atom is 0.409 e. The van der Waals surface area contributed by atoms with Gasteiger partial charge in [0.25, 0.3) is 0 Å². The molecule has 0 aromatic heterocycles. The number of rotatable bonds is 3. The Morgan fingerprint density at radius 1 is 1.10 bits per heavy atom. The molecule has 1 heterocycles. The largest absolute Gasteiger partial charge is 0.453 e. The lowest BCUT2D eigenvalue weighted by Crippen LogP contribution is -2.51. The molecular weight excluding hydrogens is 270 g/mol. The van der Waals surface area contributed by atoms with Crippen molar-refractivity contribution in [2.24, 2.45) is 5.73 Å². The Morgan fingerprint density at radius 3 is 2.24 bits per heavy atom. The third-order valence-electron chi connectivity index (χ3n) is 3.75. The number of nitrogens with zero attached hydrogens (tertiary/aromatic N) is 2. The molecule has 1 fully saturated rings. The number of ether oxygens (including phenoxy) is 1. The highest BCUT2D eigenvalue weighted by Crippen LogP contribution is 2.12. The van der Waals surface area contributed by atoms with Gasteiger partial charge in [-0.1, -0.05) is 24.3 Å². The van der Waals surface area contributed by atoms with Crippen molar-refractivity contribution >= 4 is 12.0 Å². The number of hydrogen-bond donors (Lipinski definition) is 1. The van der Waals surface area contributed by atoms with Crippen molar-refractivity contribution in [2.45, 2.75) is 13.0 Å². The minimum atomic E-state index is -0.337. The van der Waals surface area contributed by atoms with Gasteiger partial charge in [-0.05, 0) is 11.1 Å². The average Bonchev–Trinajstić information content (AvgIpc) is 2.54. The van der Waals surface area contributed by atoms with Crippen molar-refractivity contribution in [2.75, 3.05) is 33.3 Å². The summed E-state index contributed by atoms with van der Waals surface area (Å²) in [4.78, 5) is 27.1. The topological polar surface area (TPSA) is 75.9 Å². The van der Waals surface area contributed by atoms with Crippen LogP contribution in [0.15, 0.2) is 24.3 Å². The van der Waals surface area contributed by atoms with Gasteiger partial charge in [0.15, 0.2) is 0 Å². The van der Waals surface area contributed by atoms with E-state index >= 15 is 0 Å². The standard InChI is InChI=1S/C15H21N3O3/c1-21-15(20)18-8-6-17(7-9-18)14(19)10-12-4-2-3-5-13(12)11-16/h2-5H,6-11,16H2,1H3. The van der Waals surface area contributed by atoms with Crippen molar-refractivity contribution in [3.8, 4) is 0 Å². The Labute approximate surface area is 124 Å². The molecule has 1 aromatic rings. The molecule has 1 aliphatic heterocycles. The Kier molecular flexibility index (Phi) is 5.16. The molecular formula is C15H21N3O3. The fraction of sp³-hybridized carbons (Fsp3) is 0.467. The third-order valence-corrected chi connectivity index (χ3v) is 3.75. The van der Waals surface area contributed by atoms with E-state index in [0.29, 0.717) is 39.1 Å². The number of benzene rings is 1. The van der Waals surface area contributed by atoms with Gasteiger partial charge in [-0.15, -0.1) is 0 Å². The van der Waals surface area contributed by atoms with Gasteiger partial charge in [-0.25, -0.2) is 4.79 Å². The average molecular weight is 291 g/mol. The van der Waals surface area contributed by atoms with E-state index in [0.717, 1.165) is 11.1 Å². The lowest BCUT2D eigenvalue weighted by atomic mass is 10.0. The second-order valence-electron chi connectivity index (χ2n) is 4.99. The minimum absolute atomic E-state index is 0.0698. The monoisotopic (exact) mass is 291 g/mol. The van der Waals surface area contributed by atoms with Crippen LogP contribution in [0, 0.1) is 0 Å². The maximum atomic E-state index is 12.3. The highest BCUT2D eigenvalue weighted by Gasteiger charge is 2.24. The number of methoxy groups -OCH3 is 1. The normalized spacial score (nSPS) is 15.0. The first-order valence-electron chi connectivity index (χ1n) is 7.03. The first-order valence-corrected chi connectivity index (χ1v) is 7.03. The van der Waals surface area contributed by atoms with E-state index in [2.05, 4.69) is 4.74 Å². The van der Waals surface area contributed by atoms with Gasteiger partial charge in [0.05, 0.1) is 13.5 Å². The fourth-order valence-corrected chi connectivity index (χ4v) is 2.47. The Bertz CT molecular complexity index is 511. The first-order chi connectivity index (χ1) is 10.2. The molecule has 114 valence electrons. The zero-order chi connectivity index (χ0) is 15.2. The number of amides is 2. The number of piperazine rings is 1. The van der Waals surface area contributed by atoms with Crippen molar-refractivity contribution in [1.82, 2.24) is 9.80 Å². The molecule has 0 saturated carbocycles. The van der Waals surface area contributed by atoms with E-state index in [1.807, 2.05) is 24.3 Å². The SMILES string of the molecule is COC(=O)N1CCN(C(=O)Cc2ccccc2CN)CC1. The molecule has 1 saturated heterocycles. The van der Waals surface area contributed by atoms with E-state index in [-0.39, 0.29) is 12.0 Å². The van der Waals surface area contributed by atoms with E-state index in [4.69, 9.17) is 5.73 Å². The van der Waals surface area contributed by atoms with Crippen LogP contribution in [0.5, 0.6) is 0 Å². The number of carbonyl (C=O) groups excluding carboxylic acids is 2. The van der Waals surface area contributed by atoms with Gasteiger partial charge < -0.3 is 20.3 Å². The van der Waals surface area contributed by atoms with Crippen molar-refractivity contribution < 1.29 is 14.3 Å². The highest BCUT2D eigenvalue weighted by atomic mass is 16.5. The molecule has 2 N–H and O–H groups in total. The van der Waals surface area contributed by atoms with Crippen LogP contribution in [-0.4, -0.2) is 55.1 Å². The minimum Gasteiger partial charge on any atom is -0.453 e. The molecule has 0 spiro atoms. The van der Waals surface area contributed by atoms with Gasteiger partial charge in [0, 0.05) is 32.7 Å². The summed E-state index contributed by atoms with van der Waals surface area (Å²) in [6, 6.07) is 7.71. The van der Waals surface area contributed by atoms with E-state index in [1.165, 1.54) is 7.11 Å². The third kappa shape index (κ3) is 3.72. The predicted molar refractivity (Wildman–Crippen MR) is 78.6 cm³/mol. The van der Waals surface area contributed by atoms with Gasteiger partial charge in [-0.2, -0.15) is 0 Å². The van der Waals surface area contributed by atoms with E-state index < -0.39 is 0 Å². The maximum absolute atomic E-state index is 12.3. The second kappa shape index (κ2) is 7.08. The summed E-state index contributed by atoms with van der Waals surface area (Å²) in [5.74, 6) is 0.0698. The second-order valence-corrected chi connectivity index (χ2v) is 4.99. The molecule has 0 atom stereocenters. The van der Waals surface area contributed by atoms with Crippen LogP contribution in [-0.2, 0) is 22.5 Å². The lowest BCUT2D eigenvalue weighted by molar-refractivity contribution is -0.132. The quantitative estimate of drug-likeness (QED) is 0.885. The molecule has 0 aliphatic carbocycles. The molecule has 0 unspecified atom stereocenters. The summed E-state index contributed by atoms with van der Waals surface area (Å²) < 4.78 is 4.68. The summed E-state index contributed by atoms with van der Waals surface area (Å²) in [6.45, 7) is 2.53. The molecule has 6 heteroatoms. The number of hydrogen-bond acceptors (Lipinski definition) is 4. The summed E-state index contributed by atoms with van der Waals surface area (Å²) in [5, 5.41) is 0. The van der Waals surface area contributed by atoms with Gasteiger partial charge in [0.2, 0.25) is 5.91 Å². The summed E-state index contributed by atoms with van der Waals surface area (Å²) in [7, 11) is 1.36. The summed E-state index contributed by atoms with van der Waals surface area (Å²) >= 11 is 0. The zero-order valence-corrected chi connectivity index (χ0v) is 12.2. The predicted octanol–water partition coefficient (Wildman–Crippen LogP) is 0.598. The Balaban J connectivity index is 1.92. The fourth-order valence-electron chi connectivity index (χ4n) is 2.47. The molecule has 2 amide bonds. The molecule has 1 aliphatic rings. The number of nitrogens with two attached hydrogens (primary N) is 1. The zero-order valence-electron chi connectivity index (χ0n) is 12.2. The van der Waals surface area contributed by atoms with Crippen LogP contribution in [0.2, 0.25) is 0 Å². The molecule has 1 aromatic carbocycles. The van der Waals surface area contributed by atoms with Crippen LogP contribution in [0.1, 0.15) is 11.1 Å². The van der Waals surface area contributed by atoms with Crippen LogP contribution in [0.25, 0.3) is 0 Å². The van der Waals surface area contributed by atoms with Gasteiger partial charge in [-0.3, -0.25) is 4.79 Å². The molecule has 21 heavy (non-hydrogen) atoms. The van der Waals surface area contributed by atoms with E-state index in [9.17, 15) is 9.59 Å². The van der Waals surface area contributed by atoms with Gasteiger partial charge in [0.1, 0.15) is 0 Å². The smallest absolute Gasteiger partial charge is 0.409 e. The van der Waals surface area contributed by atoms with Crippen molar-refractivity contribution in [3.63, 3.8) is 0 Å². The van der Waals surface area contributed by atoms with E-state index in [1.54, 1.807) is 9.80 Å². The Morgan fingerprint density at radius 2 is 1.67 bits per heavy atom. The van der Waals surface area contributed by atoms with Crippen molar-refractivity contribution in [3.05, 3.63) is 35.4 Å². The van der Waals surface area contributed by atoms with Crippen molar-refractivity contribution in [1.29, 1.82) is 0 Å². The van der Waals surface area contributed by atoms with Gasteiger partial charge >= 0.3 is 6.09 Å². The van der Waals surface area contributed by atoms with Crippen LogP contribution >= 0.6 is 0 Å². The first kappa shape index (κ1) is 15.3. The molecule has 2 rings (SSSR count). The summed E-state index contributed by atoms with van der Waals surface area (Å²) in [5.41, 5.74) is 7.66. The molecule has 0 radical (unpaired) electrons. The lowest BCUT2D eigenvalue weighted by Gasteiger charge is -2.34.